The summed E-state index contributed by atoms with van der Waals surface area (Å²) in [4.78, 5) is 19.7. The molecule has 3 aromatic rings. The number of ether oxygens (including phenoxy) is 1. The number of rotatable bonds is 6. The minimum atomic E-state index is -0.0530. The van der Waals surface area contributed by atoms with E-state index in [1.807, 2.05) is 40.8 Å². The molecule has 0 atom stereocenters. The Bertz CT molecular complexity index is 958. The van der Waals surface area contributed by atoms with E-state index >= 15 is 0 Å². The van der Waals surface area contributed by atoms with Gasteiger partial charge >= 0.3 is 6.03 Å². The van der Waals surface area contributed by atoms with Crippen LogP contribution in [0.1, 0.15) is 43.5 Å². The van der Waals surface area contributed by atoms with E-state index in [4.69, 9.17) is 9.15 Å². The van der Waals surface area contributed by atoms with E-state index in [2.05, 4.69) is 10.3 Å². The number of imidazole rings is 1. The Morgan fingerprint density at radius 3 is 2.86 bits per heavy atom. The lowest BCUT2D eigenvalue weighted by Gasteiger charge is -2.34. The van der Waals surface area contributed by atoms with Crippen LogP contribution in [0.4, 0.5) is 4.79 Å². The van der Waals surface area contributed by atoms with Crippen LogP contribution in [0.2, 0.25) is 0 Å². The molecule has 1 aliphatic rings. The van der Waals surface area contributed by atoms with E-state index in [9.17, 15) is 4.79 Å². The maximum atomic E-state index is 13.1. The Kier molecular flexibility index (Phi) is 5.74. The number of hydrogen-bond acceptors (Lipinski definition) is 4. The van der Waals surface area contributed by atoms with Crippen LogP contribution in [0.15, 0.2) is 41.2 Å². The van der Waals surface area contributed by atoms with Gasteiger partial charge in [-0.25, -0.2) is 9.78 Å². The highest BCUT2D eigenvalue weighted by molar-refractivity contribution is 5.78. The summed E-state index contributed by atoms with van der Waals surface area (Å²) in [6.45, 7) is 0.938. The number of carbonyl (C=O) groups is 1. The monoisotopic (exact) mass is 396 g/mol. The zero-order valence-electron chi connectivity index (χ0n) is 17.1. The van der Waals surface area contributed by atoms with Crippen LogP contribution < -0.4 is 10.1 Å². The summed E-state index contributed by atoms with van der Waals surface area (Å²) in [5.74, 6) is 1.59. The van der Waals surface area contributed by atoms with Crippen LogP contribution in [-0.4, -0.2) is 33.6 Å². The van der Waals surface area contributed by atoms with Gasteiger partial charge < -0.3 is 23.9 Å². The van der Waals surface area contributed by atoms with Crippen molar-refractivity contribution in [3.05, 3.63) is 48.2 Å². The predicted molar refractivity (Wildman–Crippen MR) is 111 cm³/mol. The largest absolute Gasteiger partial charge is 0.497 e. The van der Waals surface area contributed by atoms with Crippen LogP contribution >= 0.6 is 0 Å². The molecule has 4 rings (SSSR count). The van der Waals surface area contributed by atoms with Crippen LogP contribution in [-0.2, 0) is 20.1 Å². The topological polar surface area (TPSA) is 72.5 Å². The fraction of sp³-hybridized carbons (Fsp3) is 0.455. The highest BCUT2D eigenvalue weighted by Crippen LogP contribution is 2.25. The van der Waals surface area contributed by atoms with Crippen molar-refractivity contribution in [2.75, 3.05) is 7.11 Å². The molecule has 1 saturated carbocycles. The quantitative estimate of drug-likeness (QED) is 0.677. The van der Waals surface area contributed by atoms with Gasteiger partial charge in [0.1, 0.15) is 11.6 Å². The molecule has 1 N–H and O–H groups in total. The number of methoxy groups -OCH3 is 1. The first kappa shape index (κ1) is 19.4. The number of carbonyl (C=O) groups excluding carboxylic acids is 1. The number of furan rings is 1. The summed E-state index contributed by atoms with van der Waals surface area (Å²) in [6.07, 6.45) is 9.07. The Morgan fingerprint density at radius 1 is 1.31 bits per heavy atom. The molecule has 1 aliphatic carbocycles. The molecule has 1 aromatic carbocycles. The second kappa shape index (κ2) is 8.59. The number of aromatic nitrogens is 2. The lowest BCUT2D eigenvalue weighted by molar-refractivity contribution is 0.150. The number of urea groups is 1. The first-order chi connectivity index (χ1) is 14.2. The van der Waals surface area contributed by atoms with Crippen LogP contribution in [0.5, 0.6) is 5.75 Å². The maximum Gasteiger partial charge on any atom is 0.318 e. The van der Waals surface area contributed by atoms with Crippen LogP contribution in [0.3, 0.4) is 0 Å². The van der Waals surface area contributed by atoms with Gasteiger partial charge in [0.05, 0.1) is 43.8 Å². The van der Waals surface area contributed by atoms with Crippen molar-refractivity contribution in [3.8, 4) is 5.75 Å². The maximum absolute atomic E-state index is 13.1. The molecule has 2 amide bonds. The molecule has 29 heavy (non-hydrogen) atoms. The van der Waals surface area contributed by atoms with Gasteiger partial charge in [0, 0.05) is 24.7 Å². The minimum absolute atomic E-state index is 0.0530. The summed E-state index contributed by atoms with van der Waals surface area (Å²) < 4.78 is 12.5. The first-order valence-corrected chi connectivity index (χ1v) is 10.2. The summed E-state index contributed by atoms with van der Waals surface area (Å²) in [5, 5.41) is 3.08. The molecule has 154 valence electrons. The van der Waals surface area contributed by atoms with Gasteiger partial charge in [-0.15, -0.1) is 0 Å². The predicted octanol–water partition coefficient (Wildman–Crippen LogP) is 4.22. The second-order valence-corrected chi connectivity index (χ2v) is 7.65. The average molecular weight is 396 g/mol. The number of hydrogen-bond donors (Lipinski definition) is 1. The normalized spacial score (nSPS) is 14.8. The molecule has 0 bridgehead atoms. The third kappa shape index (κ3) is 4.23. The summed E-state index contributed by atoms with van der Waals surface area (Å²) in [7, 11) is 3.61. The molecule has 2 heterocycles. The van der Waals surface area contributed by atoms with Gasteiger partial charge in [-0.05, 0) is 31.0 Å². The van der Waals surface area contributed by atoms with Crippen molar-refractivity contribution >= 4 is 17.1 Å². The molecule has 0 aliphatic heterocycles. The third-order valence-electron chi connectivity index (χ3n) is 5.79. The molecule has 0 spiro atoms. The van der Waals surface area contributed by atoms with Gasteiger partial charge in [0.2, 0.25) is 0 Å². The smallest absolute Gasteiger partial charge is 0.318 e. The number of aryl methyl sites for hydroxylation is 1. The third-order valence-corrected chi connectivity index (χ3v) is 5.79. The summed E-state index contributed by atoms with van der Waals surface area (Å²) >= 11 is 0. The lowest BCUT2D eigenvalue weighted by atomic mass is 9.94. The fourth-order valence-corrected chi connectivity index (χ4v) is 4.11. The number of nitrogens with zero attached hydrogens (tertiary/aromatic N) is 3. The number of benzene rings is 1. The standard InChI is InChI=1S/C22H28N4O3/c1-25-20-9-8-18(28-2)12-19(20)24-21(25)13-23-22(27)26(14-16-10-11-29-15-16)17-6-4-3-5-7-17/h8-12,15,17H,3-7,13-14H2,1-2H3,(H,23,27). The van der Waals surface area contributed by atoms with Crippen molar-refractivity contribution in [1.82, 2.24) is 19.8 Å². The summed E-state index contributed by atoms with van der Waals surface area (Å²) in [5.41, 5.74) is 2.89. The van der Waals surface area contributed by atoms with Crippen LogP contribution in [0, 0.1) is 0 Å². The molecular weight excluding hydrogens is 368 g/mol. The fourth-order valence-electron chi connectivity index (χ4n) is 4.11. The molecular formula is C22H28N4O3. The average Bonchev–Trinajstić information content (AvgIpc) is 3.38. The van der Waals surface area contributed by atoms with Crippen molar-refractivity contribution in [1.29, 1.82) is 0 Å². The summed E-state index contributed by atoms with van der Waals surface area (Å²) in [6, 6.07) is 7.95. The highest BCUT2D eigenvalue weighted by Gasteiger charge is 2.26. The zero-order valence-corrected chi connectivity index (χ0v) is 17.1. The Balaban J connectivity index is 1.48. The van der Waals surface area contributed by atoms with E-state index in [0.29, 0.717) is 13.1 Å². The molecule has 1 fully saturated rings. The minimum Gasteiger partial charge on any atom is -0.497 e. The number of amides is 2. The van der Waals surface area contributed by atoms with Crippen molar-refractivity contribution in [2.45, 2.75) is 51.2 Å². The molecule has 7 heteroatoms. The molecule has 0 radical (unpaired) electrons. The second-order valence-electron chi connectivity index (χ2n) is 7.65. The van der Waals surface area contributed by atoms with Crippen molar-refractivity contribution in [3.63, 3.8) is 0 Å². The first-order valence-electron chi connectivity index (χ1n) is 10.2. The number of fused-ring (bicyclic) bond motifs is 1. The molecule has 2 aromatic heterocycles. The lowest BCUT2D eigenvalue weighted by Crippen LogP contribution is -2.46. The Morgan fingerprint density at radius 2 is 2.14 bits per heavy atom. The molecule has 0 unspecified atom stereocenters. The highest BCUT2D eigenvalue weighted by atomic mass is 16.5. The Labute approximate surface area is 170 Å². The zero-order chi connectivity index (χ0) is 20.2. The van der Waals surface area contributed by atoms with Crippen LogP contribution in [0.25, 0.3) is 11.0 Å². The van der Waals surface area contributed by atoms with Crippen molar-refractivity contribution in [2.24, 2.45) is 7.05 Å². The molecule has 0 saturated heterocycles. The molecule has 7 nitrogen and oxygen atoms in total. The van der Waals surface area contributed by atoms with Gasteiger partial charge in [-0.3, -0.25) is 0 Å². The van der Waals surface area contributed by atoms with Crippen molar-refractivity contribution < 1.29 is 13.9 Å². The van der Waals surface area contributed by atoms with Gasteiger partial charge in [-0.1, -0.05) is 19.3 Å². The Hall–Kier alpha value is -2.96. The van der Waals surface area contributed by atoms with Gasteiger partial charge in [0.15, 0.2) is 0 Å². The van der Waals surface area contributed by atoms with E-state index < -0.39 is 0 Å². The van der Waals surface area contributed by atoms with Gasteiger partial charge in [0.25, 0.3) is 0 Å². The number of nitrogens with one attached hydrogen (secondary N) is 1. The van der Waals surface area contributed by atoms with E-state index in [0.717, 1.165) is 41.0 Å². The van der Waals surface area contributed by atoms with Gasteiger partial charge in [-0.2, -0.15) is 0 Å². The SMILES string of the molecule is COc1ccc2c(c1)nc(CNC(=O)N(Cc1ccoc1)C1CCCCC1)n2C. The van der Waals surface area contributed by atoms with E-state index in [1.165, 1.54) is 19.3 Å². The van der Waals surface area contributed by atoms with E-state index in [1.54, 1.807) is 19.6 Å². The van der Waals surface area contributed by atoms with E-state index in [-0.39, 0.29) is 12.1 Å².